The van der Waals surface area contributed by atoms with Crippen LogP contribution in [-0.4, -0.2) is 10.7 Å². The van der Waals surface area contributed by atoms with E-state index in [0.717, 1.165) is 17.3 Å². The Balaban J connectivity index is 2.06. The molecule has 0 bridgehead atoms. The lowest BCUT2D eigenvalue weighted by atomic mass is 9.68. The Morgan fingerprint density at radius 3 is 2.43 bits per heavy atom. The zero-order valence-corrected chi connectivity index (χ0v) is 9.50. The molecule has 1 aromatic rings. The maximum absolute atomic E-state index is 9.78. The van der Waals surface area contributed by atoms with Crippen molar-refractivity contribution in [3.63, 3.8) is 0 Å². The zero-order valence-electron chi connectivity index (χ0n) is 7.91. The van der Waals surface area contributed by atoms with Crippen molar-refractivity contribution in [2.24, 2.45) is 0 Å². The average molecular weight is 253 g/mol. The van der Waals surface area contributed by atoms with Gasteiger partial charge in [-0.25, -0.2) is 0 Å². The van der Waals surface area contributed by atoms with E-state index in [1.807, 2.05) is 12.1 Å². The van der Waals surface area contributed by atoms with Gasteiger partial charge in [-0.05, 0) is 36.5 Å². The van der Waals surface area contributed by atoms with Crippen LogP contribution in [0.25, 0.3) is 0 Å². The van der Waals surface area contributed by atoms with Gasteiger partial charge in [0.05, 0.1) is 5.60 Å². The van der Waals surface area contributed by atoms with Crippen LogP contribution >= 0.6 is 15.9 Å². The van der Waals surface area contributed by atoms with Gasteiger partial charge in [0.25, 0.3) is 0 Å². The Morgan fingerprint density at radius 1 is 1.36 bits per heavy atom. The van der Waals surface area contributed by atoms with Crippen molar-refractivity contribution >= 4 is 15.9 Å². The van der Waals surface area contributed by atoms with Gasteiger partial charge in [-0.2, -0.15) is 0 Å². The Kier molecular flexibility index (Phi) is 2.50. The van der Waals surface area contributed by atoms with E-state index in [0.29, 0.717) is 5.92 Å². The van der Waals surface area contributed by atoms with Gasteiger partial charge >= 0.3 is 0 Å². The van der Waals surface area contributed by atoms with Gasteiger partial charge in [0.15, 0.2) is 0 Å². The molecule has 0 atom stereocenters. The smallest absolute Gasteiger partial charge is 0.0836 e. The largest absolute Gasteiger partial charge is 0.386 e. The molecule has 0 heterocycles. The van der Waals surface area contributed by atoms with Gasteiger partial charge in [-0.15, -0.1) is 6.58 Å². The second-order valence-electron chi connectivity index (χ2n) is 3.96. The van der Waals surface area contributed by atoms with E-state index in [2.05, 4.69) is 34.6 Å². The summed E-state index contributed by atoms with van der Waals surface area (Å²) in [4.78, 5) is 0. The number of halogens is 1. The topological polar surface area (TPSA) is 20.2 Å². The summed E-state index contributed by atoms with van der Waals surface area (Å²) in [7, 11) is 0. The van der Waals surface area contributed by atoms with Crippen molar-refractivity contribution < 1.29 is 5.11 Å². The first-order chi connectivity index (χ1) is 6.63. The SMILES string of the molecule is C=CC1(O)CC(c2ccc(Br)cc2)C1. The first-order valence-electron chi connectivity index (χ1n) is 4.74. The molecule has 1 nitrogen and oxygen atoms in total. The highest BCUT2D eigenvalue weighted by Crippen LogP contribution is 2.45. The van der Waals surface area contributed by atoms with Crippen molar-refractivity contribution in [3.8, 4) is 0 Å². The molecule has 1 aromatic carbocycles. The highest BCUT2D eigenvalue weighted by atomic mass is 79.9. The van der Waals surface area contributed by atoms with Crippen molar-refractivity contribution in [2.45, 2.75) is 24.4 Å². The molecule has 1 fully saturated rings. The maximum atomic E-state index is 9.78. The maximum Gasteiger partial charge on any atom is 0.0836 e. The summed E-state index contributed by atoms with van der Waals surface area (Å²) in [5.41, 5.74) is 0.692. The molecule has 1 aliphatic carbocycles. The molecule has 14 heavy (non-hydrogen) atoms. The van der Waals surface area contributed by atoms with Gasteiger partial charge in [-0.3, -0.25) is 0 Å². The average Bonchev–Trinajstić information content (AvgIpc) is 2.15. The monoisotopic (exact) mass is 252 g/mol. The van der Waals surface area contributed by atoms with E-state index in [1.54, 1.807) is 6.08 Å². The predicted molar refractivity (Wildman–Crippen MR) is 61.3 cm³/mol. The fourth-order valence-corrected chi connectivity index (χ4v) is 2.20. The zero-order chi connectivity index (χ0) is 10.2. The van der Waals surface area contributed by atoms with E-state index in [1.165, 1.54) is 5.56 Å². The van der Waals surface area contributed by atoms with Gasteiger partial charge in [0.2, 0.25) is 0 Å². The third-order valence-electron chi connectivity index (χ3n) is 2.92. The molecule has 2 rings (SSSR count). The molecular formula is C12H13BrO. The number of aliphatic hydroxyl groups is 1. The molecule has 2 heteroatoms. The van der Waals surface area contributed by atoms with Crippen LogP contribution in [0.3, 0.4) is 0 Å². The van der Waals surface area contributed by atoms with Crippen LogP contribution in [0.1, 0.15) is 24.3 Å². The molecule has 0 spiro atoms. The molecule has 1 saturated carbocycles. The first kappa shape index (κ1) is 9.94. The Labute approximate surface area is 92.6 Å². The third-order valence-corrected chi connectivity index (χ3v) is 3.45. The van der Waals surface area contributed by atoms with E-state index < -0.39 is 5.60 Å². The number of benzene rings is 1. The van der Waals surface area contributed by atoms with E-state index in [4.69, 9.17) is 0 Å². The molecule has 0 unspecified atom stereocenters. The summed E-state index contributed by atoms with van der Waals surface area (Å²) in [6, 6.07) is 8.30. The Morgan fingerprint density at radius 2 is 1.93 bits per heavy atom. The highest BCUT2D eigenvalue weighted by Gasteiger charge is 2.40. The molecule has 0 saturated heterocycles. The van der Waals surface area contributed by atoms with E-state index >= 15 is 0 Å². The molecule has 0 amide bonds. The second kappa shape index (κ2) is 3.52. The van der Waals surface area contributed by atoms with Crippen LogP contribution in [0.4, 0.5) is 0 Å². The highest BCUT2D eigenvalue weighted by molar-refractivity contribution is 9.10. The molecule has 0 aliphatic heterocycles. The van der Waals surface area contributed by atoms with Crippen LogP contribution in [0, 0.1) is 0 Å². The minimum absolute atomic E-state index is 0.492. The van der Waals surface area contributed by atoms with Crippen molar-refractivity contribution in [3.05, 3.63) is 47.0 Å². The lowest BCUT2D eigenvalue weighted by molar-refractivity contribution is -0.00312. The lowest BCUT2D eigenvalue weighted by Crippen LogP contribution is -2.40. The first-order valence-corrected chi connectivity index (χ1v) is 5.54. The molecule has 74 valence electrons. The summed E-state index contributed by atoms with van der Waals surface area (Å²) in [6.45, 7) is 3.64. The number of hydrogen-bond donors (Lipinski definition) is 1. The van der Waals surface area contributed by atoms with Crippen LogP contribution in [0.2, 0.25) is 0 Å². The van der Waals surface area contributed by atoms with Gasteiger partial charge in [0.1, 0.15) is 0 Å². The lowest BCUT2D eigenvalue weighted by Gasteiger charge is -2.41. The minimum Gasteiger partial charge on any atom is -0.386 e. The van der Waals surface area contributed by atoms with E-state index in [-0.39, 0.29) is 0 Å². The molecule has 1 N–H and O–H groups in total. The van der Waals surface area contributed by atoms with Gasteiger partial charge < -0.3 is 5.11 Å². The Bertz CT molecular complexity index is 336. The third kappa shape index (κ3) is 1.77. The summed E-state index contributed by atoms with van der Waals surface area (Å²) in [5, 5.41) is 9.78. The molecule has 0 radical (unpaired) electrons. The number of rotatable bonds is 2. The minimum atomic E-state index is -0.613. The Hall–Kier alpha value is -0.600. The summed E-state index contributed by atoms with van der Waals surface area (Å²) >= 11 is 3.41. The predicted octanol–water partition coefficient (Wildman–Crippen LogP) is 3.24. The van der Waals surface area contributed by atoms with Crippen LogP contribution < -0.4 is 0 Å². The summed E-state index contributed by atoms with van der Waals surface area (Å²) < 4.78 is 1.10. The fourth-order valence-electron chi connectivity index (χ4n) is 1.93. The molecular weight excluding hydrogens is 240 g/mol. The van der Waals surface area contributed by atoms with Gasteiger partial charge in [0, 0.05) is 4.47 Å². The summed E-state index contributed by atoms with van der Waals surface area (Å²) in [5.74, 6) is 0.492. The molecule has 1 aliphatic rings. The fraction of sp³-hybridized carbons (Fsp3) is 0.333. The number of hydrogen-bond acceptors (Lipinski definition) is 1. The van der Waals surface area contributed by atoms with Crippen LogP contribution in [0.5, 0.6) is 0 Å². The normalized spacial score (nSPS) is 30.9. The standard InChI is InChI=1S/C12H13BrO/c1-2-12(14)7-10(8-12)9-3-5-11(13)6-4-9/h2-6,10,14H,1,7-8H2. The van der Waals surface area contributed by atoms with Crippen molar-refractivity contribution in [1.29, 1.82) is 0 Å². The van der Waals surface area contributed by atoms with Gasteiger partial charge in [-0.1, -0.05) is 34.1 Å². The second-order valence-corrected chi connectivity index (χ2v) is 4.88. The van der Waals surface area contributed by atoms with Crippen molar-refractivity contribution in [2.75, 3.05) is 0 Å². The van der Waals surface area contributed by atoms with E-state index in [9.17, 15) is 5.11 Å². The quantitative estimate of drug-likeness (QED) is 0.802. The molecule has 0 aromatic heterocycles. The van der Waals surface area contributed by atoms with Crippen LogP contribution in [0.15, 0.2) is 41.4 Å². The van der Waals surface area contributed by atoms with Crippen molar-refractivity contribution in [1.82, 2.24) is 0 Å². The summed E-state index contributed by atoms with van der Waals surface area (Å²) in [6.07, 6.45) is 3.26. The van der Waals surface area contributed by atoms with Crippen LogP contribution in [-0.2, 0) is 0 Å².